The van der Waals surface area contributed by atoms with Crippen LogP contribution >= 0.6 is 0 Å². The Bertz CT molecular complexity index is 548. The molecule has 1 unspecified atom stereocenters. The maximum absolute atomic E-state index is 12.0. The van der Waals surface area contributed by atoms with Gasteiger partial charge in [0, 0.05) is 23.8 Å². The SMILES string of the molecule is CC(C)(C)NCC(O)COc1ccc(NC(=O)NC2CCCCC2)cc1. The largest absolute Gasteiger partial charge is 0.491 e. The summed E-state index contributed by atoms with van der Waals surface area (Å²) in [7, 11) is 0. The molecule has 4 N–H and O–H groups in total. The molecule has 1 saturated carbocycles. The minimum Gasteiger partial charge on any atom is -0.491 e. The third kappa shape index (κ3) is 8.06. The molecule has 0 bridgehead atoms. The molecule has 0 spiro atoms. The van der Waals surface area contributed by atoms with Gasteiger partial charge in [-0.1, -0.05) is 19.3 Å². The van der Waals surface area contributed by atoms with E-state index in [1.54, 1.807) is 24.3 Å². The lowest BCUT2D eigenvalue weighted by atomic mass is 9.96. The van der Waals surface area contributed by atoms with Gasteiger partial charge in [0.1, 0.15) is 18.5 Å². The maximum atomic E-state index is 12.0. The molecule has 0 heterocycles. The second kappa shape index (κ2) is 9.78. The van der Waals surface area contributed by atoms with Gasteiger partial charge in [-0.05, 0) is 57.9 Å². The summed E-state index contributed by atoms with van der Waals surface area (Å²) in [6, 6.07) is 7.31. The van der Waals surface area contributed by atoms with Crippen molar-refractivity contribution in [3.05, 3.63) is 24.3 Å². The van der Waals surface area contributed by atoms with Gasteiger partial charge in [-0.15, -0.1) is 0 Å². The zero-order valence-corrected chi connectivity index (χ0v) is 16.2. The number of amides is 2. The van der Waals surface area contributed by atoms with Gasteiger partial charge in [0.25, 0.3) is 0 Å². The van der Waals surface area contributed by atoms with E-state index in [0.717, 1.165) is 18.5 Å². The molecular formula is C20H33N3O3. The summed E-state index contributed by atoms with van der Waals surface area (Å²) in [5, 5.41) is 19.1. The molecule has 1 aliphatic rings. The molecule has 1 aromatic carbocycles. The number of aliphatic hydroxyl groups excluding tert-OH is 1. The van der Waals surface area contributed by atoms with Gasteiger partial charge in [0.15, 0.2) is 0 Å². The highest BCUT2D eigenvalue weighted by Gasteiger charge is 2.16. The first-order valence-electron chi connectivity index (χ1n) is 9.55. The van der Waals surface area contributed by atoms with E-state index in [0.29, 0.717) is 12.3 Å². The number of carbonyl (C=O) groups is 1. The van der Waals surface area contributed by atoms with E-state index in [-0.39, 0.29) is 24.2 Å². The number of urea groups is 1. The third-order valence-corrected chi connectivity index (χ3v) is 4.36. The molecule has 1 aromatic rings. The van der Waals surface area contributed by atoms with Gasteiger partial charge in [0.05, 0.1) is 0 Å². The fraction of sp³-hybridized carbons (Fsp3) is 0.650. The molecule has 1 aliphatic carbocycles. The summed E-state index contributed by atoms with van der Waals surface area (Å²) < 4.78 is 5.60. The van der Waals surface area contributed by atoms with Crippen molar-refractivity contribution >= 4 is 11.7 Å². The molecule has 0 radical (unpaired) electrons. The number of nitrogens with one attached hydrogen (secondary N) is 3. The van der Waals surface area contributed by atoms with E-state index < -0.39 is 6.10 Å². The monoisotopic (exact) mass is 363 g/mol. The Labute approximate surface area is 156 Å². The van der Waals surface area contributed by atoms with Crippen LogP contribution in [0.4, 0.5) is 10.5 Å². The smallest absolute Gasteiger partial charge is 0.319 e. The number of anilines is 1. The number of β-amino-alcohol motifs (C(OH)–C–C–N with tert-alkyl or cyclic N) is 1. The van der Waals surface area contributed by atoms with E-state index in [2.05, 4.69) is 36.7 Å². The topological polar surface area (TPSA) is 82.6 Å². The van der Waals surface area contributed by atoms with Crippen LogP contribution in [-0.2, 0) is 0 Å². The number of carbonyl (C=O) groups excluding carboxylic acids is 1. The zero-order valence-electron chi connectivity index (χ0n) is 16.2. The average Bonchev–Trinajstić information content (AvgIpc) is 2.59. The lowest BCUT2D eigenvalue weighted by Crippen LogP contribution is -2.42. The second-order valence-corrected chi connectivity index (χ2v) is 8.05. The van der Waals surface area contributed by atoms with E-state index in [1.165, 1.54) is 19.3 Å². The van der Waals surface area contributed by atoms with Crippen LogP contribution in [0.15, 0.2) is 24.3 Å². The van der Waals surface area contributed by atoms with Crippen molar-refractivity contribution < 1.29 is 14.6 Å². The number of hydrogen-bond acceptors (Lipinski definition) is 4. The minimum absolute atomic E-state index is 0.0352. The van der Waals surface area contributed by atoms with Crippen molar-refractivity contribution in [1.82, 2.24) is 10.6 Å². The maximum Gasteiger partial charge on any atom is 0.319 e. The first kappa shape index (κ1) is 20.5. The summed E-state index contributed by atoms with van der Waals surface area (Å²) in [5.41, 5.74) is 0.688. The second-order valence-electron chi connectivity index (χ2n) is 8.05. The van der Waals surface area contributed by atoms with Crippen LogP contribution in [0, 0.1) is 0 Å². The first-order chi connectivity index (χ1) is 12.3. The van der Waals surface area contributed by atoms with Crippen LogP contribution in [0.1, 0.15) is 52.9 Å². The van der Waals surface area contributed by atoms with Gasteiger partial charge in [-0.3, -0.25) is 0 Å². The van der Waals surface area contributed by atoms with Gasteiger partial charge in [0.2, 0.25) is 0 Å². The minimum atomic E-state index is -0.576. The highest BCUT2D eigenvalue weighted by atomic mass is 16.5. The number of ether oxygens (including phenoxy) is 1. The van der Waals surface area contributed by atoms with Crippen LogP contribution in [-0.4, -0.2) is 42.0 Å². The van der Waals surface area contributed by atoms with E-state index >= 15 is 0 Å². The van der Waals surface area contributed by atoms with Crippen molar-refractivity contribution in [2.45, 2.75) is 70.6 Å². The quantitative estimate of drug-likeness (QED) is 0.599. The molecule has 0 aromatic heterocycles. The Hall–Kier alpha value is -1.79. The Kier molecular flexibility index (Phi) is 7.72. The molecule has 146 valence electrons. The number of rotatable bonds is 7. The average molecular weight is 364 g/mol. The molecular weight excluding hydrogens is 330 g/mol. The Morgan fingerprint density at radius 3 is 2.46 bits per heavy atom. The number of aliphatic hydroxyl groups is 1. The number of hydrogen-bond donors (Lipinski definition) is 4. The molecule has 6 heteroatoms. The molecule has 1 atom stereocenters. The summed E-state index contributed by atoms with van der Waals surface area (Å²) >= 11 is 0. The van der Waals surface area contributed by atoms with Crippen LogP contribution in [0.5, 0.6) is 5.75 Å². The first-order valence-corrected chi connectivity index (χ1v) is 9.55. The summed E-state index contributed by atoms with van der Waals surface area (Å²) in [6.07, 6.45) is 5.19. The molecule has 0 aliphatic heterocycles. The fourth-order valence-corrected chi connectivity index (χ4v) is 2.91. The van der Waals surface area contributed by atoms with Gasteiger partial charge in [-0.25, -0.2) is 4.79 Å². The molecule has 1 fully saturated rings. The molecule has 2 rings (SSSR count). The van der Waals surface area contributed by atoms with Gasteiger partial charge >= 0.3 is 6.03 Å². The van der Waals surface area contributed by atoms with Crippen molar-refractivity contribution in [2.75, 3.05) is 18.5 Å². The summed E-state index contributed by atoms with van der Waals surface area (Å²) in [5.74, 6) is 0.665. The normalized spacial score (nSPS) is 16.8. The molecule has 2 amide bonds. The summed E-state index contributed by atoms with van der Waals surface area (Å²) in [4.78, 5) is 12.0. The Morgan fingerprint density at radius 1 is 1.19 bits per heavy atom. The zero-order chi connectivity index (χ0) is 19.0. The van der Waals surface area contributed by atoms with Crippen LogP contribution in [0.2, 0.25) is 0 Å². The lowest BCUT2D eigenvalue weighted by Gasteiger charge is -2.23. The lowest BCUT2D eigenvalue weighted by molar-refractivity contribution is 0.100. The van der Waals surface area contributed by atoms with Gasteiger partial charge < -0.3 is 25.8 Å². The van der Waals surface area contributed by atoms with E-state index in [1.807, 2.05) is 0 Å². The van der Waals surface area contributed by atoms with E-state index in [4.69, 9.17) is 4.74 Å². The fourth-order valence-electron chi connectivity index (χ4n) is 2.91. The summed E-state index contributed by atoms with van der Waals surface area (Å²) in [6.45, 7) is 6.85. The Morgan fingerprint density at radius 2 is 1.85 bits per heavy atom. The van der Waals surface area contributed by atoms with Crippen LogP contribution in [0.25, 0.3) is 0 Å². The predicted molar refractivity (Wildman–Crippen MR) is 105 cm³/mol. The van der Waals surface area contributed by atoms with Crippen LogP contribution < -0.4 is 20.7 Å². The van der Waals surface area contributed by atoms with Crippen molar-refractivity contribution in [1.29, 1.82) is 0 Å². The van der Waals surface area contributed by atoms with Crippen molar-refractivity contribution in [3.8, 4) is 5.75 Å². The van der Waals surface area contributed by atoms with Crippen molar-refractivity contribution in [2.24, 2.45) is 0 Å². The van der Waals surface area contributed by atoms with Crippen molar-refractivity contribution in [3.63, 3.8) is 0 Å². The Balaban J connectivity index is 1.70. The van der Waals surface area contributed by atoms with Gasteiger partial charge in [-0.2, -0.15) is 0 Å². The standard InChI is InChI=1S/C20H33N3O3/c1-20(2,3)21-13-17(24)14-26-18-11-9-16(10-12-18)23-19(25)22-15-7-5-4-6-8-15/h9-12,15,17,21,24H,4-8,13-14H2,1-3H3,(H2,22,23,25). The highest BCUT2D eigenvalue weighted by molar-refractivity contribution is 5.89. The third-order valence-electron chi connectivity index (χ3n) is 4.36. The molecule has 26 heavy (non-hydrogen) atoms. The number of benzene rings is 1. The molecule has 0 saturated heterocycles. The predicted octanol–water partition coefficient (Wildman–Crippen LogP) is 3.27. The van der Waals surface area contributed by atoms with Crippen LogP contribution in [0.3, 0.4) is 0 Å². The highest BCUT2D eigenvalue weighted by Crippen LogP contribution is 2.18. The van der Waals surface area contributed by atoms with E-state index in [9.17, 15) is 9.90 Å². The molecule has 6 nitrogen and oxygen atoms in total.